The van der Waals surface area contributed by atoms with E-state index >= 15 is 0 Å². The molecule has 4 rings (SSSR count). The second-order valence-electron chi connectivity index (χ2n) is 7.62. The van der Waals surface area contributed by atoms with Crippen molar-refractivity contribution in [3.8, 4) is 11.3 Å². The number of nitrogens with two attached hydrogens (primary N) is 1. The molecule has 0 unspecified atom stereocenters. The first-order chi connectivity index (χ1) is 13.4. The molecule has 148 valence electrons. The summed E-state index contributed by atoms with van der Waals surface area (Å²) in [5.41, 5.74) is 7.33. The van der Waals surface area contributed by atoms with Crippen molar-refractivity contribution in [2.75, 3.05) is 26.2 Å². The van der Waals surface area contributed by atoms with Gasteiger partial charge in [0.25, 0.3) is 5.91 Å². The molecule has 0 spiro atoms. The molecule has 7 nitrogen and oxygen atoms in total. The van der Waals surface area contributed by atoms with E-state index in [-0.39, 0.29) is 23.5 Å². The number of aryl methyl sites for hydroxylation is 1. The van der Waals surface area contributed by atoms with Gasteiger partial charge in [0, 0.05) is 37.7 Å². The number of hydrogen-bond donors (Lipinski definition) is 1. The molecule has 0 radical (unpaired) electrons. The minimum atomic E-state index is -0.303. The molecule has 2 amide bonds. The number of halogens is 1. The van der Waals surface area contributed by atoms with Crippen LogP contribution in [0.25, 0.3) is 11.3 Å². The van der Waals surface area contributed by atoms with Crippen molar-refractivity contribution in [1.29, 1.82) is 0 Å². The van der Waals surface area contributed by atoms with Gasteiger partial charge in [0.2, 0.25) is 5.91 Å². The van der Waals surface area contributed by atoms with E-state index in [9.17, 15) is 14.0 Å². The molecule has 0 bridgehead atoms. The summed E-state index contributed by atoms with van der Waals surface area (Å²) in [4.78, 5) is 28.3. The van der Waals surface area contributed by atoms with E-state index < -0.39 is 0 Å². The predicted molar refractivity (Wildman–Crippen MR) is 102 cm³/mol. The Bertz CT molecular complexity index is 881. The van der Waals surface area contributed by atoms with Crippen molar-refractivity contribution in [3.63, 3.8) is 0 Å². The highest BCUT2D eigenvalue weighted by Gasteiger charge is 2.38. The molecule has 2 N–H and O–H groups in total. The Hall–Kier alpha value is -2.74. The molecule has 2 fully saturated rings. The average Bonchev–Trinajstić information content (AvgIpc) is 3.03. The van der Waals surface area contributed by atoms with Crippen LogP contribution in [0.2, 0.25) is 0 Å². The molecule has 1 aromatic heterocycles. The Morgan fingerprint density at radius 2 is 1.79 bits per heavy atom. The maximum absolute atomic E-state index is 13.1. The van der Waals surface area contributed by atoms with Crippen molar-refractivity contribution in [1.82, 2.24) is 19.6 Å². The van der Waals surface area contributed by atoms with Gasteiger partial charge in [-0.05, 0) is 56.3 Å². The highest BCUT2D eigenvalue weighted by atomic mass is 19.1. The van der Waals surface area contributed by atoms with Crippen molar-refractivity contribution < 1.29 is 14.0 Å². The van der Waals surface area contributed by atoms with E-state index in [1.165, 1.54) is 12.1 Å². The van der Waals surface area contributed by atoms with E-state index in [4.69, 9.17) is 5.73 Å². The highest BCUT2D eigenvalue weighted by Crippen LogP contribution is 2.25. The zero-order valence-corrected chi connectivity index (χ0v) is 15.8. The summed E-state index contributed by atoms with van der Waals surface area (Å²) in [5, 5.41) is 4.40. The number of hydrogen-bond acceptors (Lipinski definition) is 4. The Labute approximate surface area is 162 Å². The van der Waals surface area contributed by atoms with Crippen LogP contribution in [0.3, 0.4) is 0 Å². The van der Waals surface area contributed by atoms with E-state index in [0.29, 0.717) is 30.5 Å². The van der Waals surface area contributed by atoms with Gasteiger partial charge >= 0.3 is 0 Å². The number of carbonyl (C=O) groups excluding carboxylic acids is 2. The van der Waals surface area contributed by atoms with E-state index in [1.54, 1.807) is 29.9 Å². The molecular formula is C20H24FN5O2. The molecule has 2 saturated heterocycles. The van der Waals surface area contributed by atoms with Crippen LogP contribution in [-0.4, -0.2) is 63.6 Å². The van der Waals surface area contributed by atoms with Gasteiger partial charge in [0.1, 0.15) is 11.5 Å². The summed E-state index contributed by atoms with van der Waals surface area (Å²) in [5.74, 6) is -0.583. The molecular weight excluding hydrogens is 361 g/mol. The number of carbonyl (C=O) groups is 2. The number of piperidine rings is 1. The Kier molecular flexibility index (Phi) is 4.89. The number of amides is 2. The number of aromatic nitrogens is 2. The third kappa shape index (κ3) is 3.52. The Balaban J connectivity index is 1.36. The van der Waals surface area contributed by atoms with Crippen LogP contribution in [0.4, 0.5) is 4.39 Å². The smallest absolute Gasteiger partial charge is 0.272 e. The third-order valence-electron chi connectivity index (χ3n) is 5.84. The first-order valence-electron chi connectivity index (χ1n) is 9.55. The van der Waals surface area contributed by atoms with Crippen molar-refractivity contribution >= 4 is 11.8 Å². The SMILES string of the molecule is Cn1nc(-c2ccc(F)cc2)cc1C(=O)N1CC(N2CCC(C(N)=O)CC2)C1. The van der Waals surface area contributed by atoms with Crippen molar-refractivity contribution in [2.24, 2.45) is 18.7 Å². The summed E-state index contributed by atoms with van der Waals surface area (Å²) >= 11 is 0. The summed E-state index contributed by atoms with van der Waals surface area (Å²) in [7, 11) is 1.74. The third-order valence-corrected chi connectivity index (χ3v) is 5.84. The fraction of sp³-hybridized carbons (Fsp3) is 0.450. The average molecular weight is 385 g/mol. The predicted octanol–water partition coefficient (Wildman–Crippen LogP) is 1.25. The standard InChI is InChI=1S/C20H24FN5O2/c1-24-18(10-17(23-24)13-2-4-15(21)5-3-13)20(28)26-11-16(12-26)25-8-6-14(7-9-25)19(22)27/h2-5,10,14,16H,6-9,11-12H2,1H3,(H2,22,27). The van der Waals surface area contributed by atoms with Gasteiger partial charge in [-0.2, -0.15) is 5.10 Å². The van der Waals surface area contributed by atoms with Crippen LogP contribution in [0.1, 0.15) is 23.3 Å². The molecule has 0 saturated carbocycles. The van der Waals surface area contributed by atoms with Gasteiger partial charge in [-0.15, -0.1) is 0 Å². The normalized spacial score (nSPS) is 18.9. The fourth-order valence-corrected chi connectivity index (χ4v) is 3.99. The lowest BCUT2D eigenvalue weighted by Gasteiger charge is -2.47. The number of rotatable bonds is 4. The Morgan fingerprint density at radius 3 is 2.39 bits per heavy atom. The summed E-state index contributed by atoms with van der Waals surface area (Å²) < 4.78 is 14.7. The van der Waals surface area contributed by atoms with E-state index in [1.807, 2.05) is 4.90 Å². The Morgan fingerprint density at radius 1 is 1.14 bits per heavy atom. The first-order valence-corrected chi connectivity index (χ1v) is 9.55. The second-order valence-corrected chi connectivity index (χ2v) is 7.62. The highest BCUT2D eigenvalue weighted by molar-refractivity contribution is 5.94. The first kappa shape index (κ1) is 18.6. The topological polar surface area (TPSA) is 84.5 Å². The van der Waals surface area contributed by atoms with Crippen LogP contribution in [0.5, 0.6) is 0 Å². The summed E-state index contributed by atoms with van der Waals surface area (Å²) in [6, 6.07) is 8.16. The summed E-state index contributed by atoms with van der Waals surface area (Å²) in [6.07, 6.45) is 1.59. The summed E-state index contributed by atoms with van der Waals surface area (Å²) in [6.45, 7) is 3.05. The lowest BCUT2D eigenvalue weighted by atomic mass is 9.93. The van der Waals surface area contributed by atoms with E-state index in [2.05, 4.69) is 10.00 Å². The van der Waals surface area contributed by atoms with Crippen LogP contribution in [0.15, 0.2) is 30.3 Å². The number of benzene rings is 1. The van der Waals surface area contributed by atoms with Gasteiger partial charge in [0.05, 0.1) is 5.69 Å². The fourth-order valence-electron chi connectivity index (χ4n) is 3.99. The largest absolute Gasteiger partial charge is 0.369 e. The zero-order chi connectivity index (χ0) is 19.8. The molecule has 2 aliphatic rings. The monoisotopic (exact) mass is 385 g/mol. The van der Waals surface area contributed by atoms with Gasteiger partial charge in [0.15, 0.2) is 0 Å². The molecule has 8 heteroatoms. The van der Waals surface area contributed by atoms with Crippen LogP contribution in [0, 0.1) is 11.7 Å². The van der Waals surface area contributed by atoms with Gasteiger partial charge in [-0.3, -0.25) is 19.2 Å². The second kappa shape index (κ2) is 7.35. The van der Waals surface area contributed by atoms with Crippen molar-refractivity contribution in [3.05, 3.63) is 41.8 Å². The molecule has 2 aliphatic heterocycles. The molecule has 3 heterocycles. The van der Waals surface area contributed by atoms with Gasteiger partial charge < -0.3 is 10.6 Å². The molecule has 28 heavy (non-hydrogen) atoms. The molecule has 0 aliphatic carbocycles. The van der Waals surface area contributed by atoms with Crippen LogP contribution >= 0.6 is 0 Å². The number of likely N-dealkylation sites (tertiary alicyclic amines) is 2. The lowest BCUT2D eigenvalue weighted by Crippen LogP contribution is -2.62. The molecule has 0 atom stereocenters. The minimum Gasteiger partial charge on any atom is -0.369 e. The molecule has 1 aromatic carbocycles. The van der Waals surface area contributed by atoms with Crippen molar-refractivity contribution in [2.45, 2.75) is 18.9 Å². The van der Waals surface area contributed by atoms with E-state index in [0.717, 1.165) is 31.5 Å². The van der Waals surface area contributed by atoms with Gasteiger partial charge in [-0.1, -0.05) is 0 Å². The maximum atomic E-state index is 13.1. The maximum Gasteiger partial charge on any atom is 0.272 e. The van der Waals surface area contributed by atoms with Gasteiger partial charge in [-0.25, -0.2) is 4.39 Å². The minimum absolute atomic E-state index is 0.0200. The quantitative estimate of drug-likeness (QED) is 0.858. The molecule has 2 aromatic rings. The number of primary amides is 1. The number of nitrogens with zero attached hydrogens (tertiary/aromatic N) is 4. The van der Waals surface area contributed by atoms with Crippen LogP contribution < -0.4 is 5.73 Å². The van der Waals surface area contributed by atoms with Crippen LogP contribution in [-0.2, 0) is 11.8 Å². The lowest BCUT2D eigenvalue weighted by molar-refractivity contribution is -0.123. The zero-order valence-electron chi connectivity index (χ0n) is 15.8.